The van der Waals surface area contributed by atoms with Gasteiger partial charge in [-0.25, -0.2) is 9.97 Å². The van der Waals surface area contributed by atoms with Crippen molar-refractivity contribution in [2.75, 3.05) is 0 Å². The average molecular weight is 337 g/mol. The number of nitro groups is 1. The monoisotopic (exact) mass is 337 g/mol. The molecule has 0 aliphatic carbocycles. The van der Waals surface area contributed by atoms with Crippen LogP contribution in [0.2, 0.25) is 0 Å². The summed E-state index contributed by atoms with van der Waals surface area (Å²) < 4.78 is 3.83. The maximum Gasteiger partial charge on any atom is 0.270 e. The zero-order valence-electron chi connectivity index (χ0n) is 12.3. The van der Waals surface area contributed by atoms with Crippen LogP contribution in [0.5, 0.6) is 0 Å². The first-order valence-electron chi connectivity index (χ1n) is 7.08. The van der Waals surface area contributed by atoms with E-state index in [1.165, 1.54) is 6.07 Å². The first-order chi connectivity index (χ1) is 11.7. The molecule has 0 fully saturated rings. The Morgan fingerprint density at radius 1 is 1.04 bits per heavy atom. The summed E-state index contributed by atoms with van der Waals surface area (Å²) in [6.45, 7) is 0. The van der Waals surface area contributed by atoms with Crippen molar-refractivity contribution in [3.63, 3.8) is 0 Å². The minimum atomic E-state index is -0.384. The van der Waals surface area contributed by atoms with Gasteiger partial charge >= 0.3 is 0 Å². The number of imidazole rings is 2. The van der Waals surface area contributed by atoms with E-state index in [0.29, 0.717) is 0 Å². The van der Waals surface area contributed by atoms with Gasteiger partial charge in [0.05, 0.1) is 23.3 Å². The molecule has 0 bridgehead atoms. The number of hydrogen-bond acceptors (Lipinski definition) is 5. The van der Waals surface area contributed by atoms with Crippen LogP contribution in [0.1, 0.15) is 0 Å². The van der Waals surface area contributed by atoms with Gasteiger partial charge in [0.2, 0.25) is 0 Å². The predicted octanol–water partition coefficient (Wildman–Crippen LogP) is 3.69. The topological polar surface area (TPSA) is 78.8 Å². The van der Waals surface area contributed by atoms with Gasteiger partial charge in [-0.2, -0.15) is 0 Å². The zero-order valence-corrected chi connectivity index (χ0v) is 13.1. The molecule has 0 unspecified atom stereocenters. The van der Waals surface area contributed by atoms with Crippen LogP contribution < -0.4 is 0 Å². The van der Waals surface area contributed by atoms with Crippen LogP contribution in [0.15, 0.2) is 67.8 Å². The Morgan fingerprint density at radius 3 is 2.46 bits per heavy atom. The predicted molar refractivity (Wildman–Crippen MR) is 90.7 cm³/mol. The fraction of sp³-hybridized carbons (Fsp3) is 0. The lowest BCUT2D eigenvalue weighted by Gasteiger charge is -2.03. The molecule has 3 heterocycles. The van der Waals surface area contributed by atoms with E-state index in [0.717, 1.165) is 21.1 Å². The zero-order chi connectivity index (χ0) is 16.5. The van der Waals surface area contributed by atoms with E-state index in [1.807, 2.05) is 33.7 Å². The van der Waals surface area contributed by atoms with Gasteiger partial charge in [-0.3, -0.25) is 14.7 Å². The molecule has 0 saturated heterocycles. The Labute approximate surface area is 140 Å². The Morgan fingerprint density at radius 2 is 1.79 bits per heavy atom. The van der Waals surface area contributed by atoms with E-state index in [1.54, 1.807) is 48.5 Å². The van der Waals surface area contributed by atoms with Crippen molar-refractivity contribution in [3.05, 3.63) is 77.9 Å². The highest BCUT2D eigenvalue weighted by Gasteiger charge is 2.15. The van der Waals surface area contributed by atoms with Crippen molar-refractivity contribution in [2.24, 2.45) is 0 Å². The lowest BCUT2D eigenvalue weighted by molar-refractivity contribution is -0.384. The van der Waals surface area contributed by atoms with Crippen LogP contribution in [0.25, 0.3) is 21.1 Å². The quantitative estimate of drug-likeness (QED) is 0.420. The molecule has 118 valence electrons. The van der Waals surface area contributed by atoms with Gasteiger partial charge in [-0.15, -0.1) is 11.3 Å². The van der Waals surface area contributed by atoms with Gasteiger partial charge < -0.3 is 4.57 Å². The second-order valence-corrected chi connectivity index (χ2v) is 6.08. The SMILES string of the molecule is O=[N+]([O-])c1cccc(-c2cc(-n3ccnc3)c(-n3ccnc3)s2)c1. The van der Waals surface area contributed by atoms with Crippen LogP contribution >= 0.6 is 11.3 Å². The summed E-state index contributed by atoms with van der Waals surface area (Å²) in [7, 11) is 0. The summed E-state index contributed by atoms with van der Waals surface area (Å²) >= 11 is 1.54. The van der Waals surface area contributed by atoms with Gasteiger partial charge in [0.15, 0.2) is 0 Å². The largest absolute Gasteiger partial charge is 0.303 e. The minimum absolute atomic E-state index is 0.0780. The van der Waals surface area contributed by atoms with Crippen molar-refractivity contribution < 1.29 is 4.92 Å². The number of aromatic nitrogens is 4. The number of benzene rings is 1. The molecule has 8 heteroatoms. The molecule has 0 atom stereocenters. The highest BCUT2D eigenvalue weighted by Crippen LogP contribution is 2.37. The van der Waals surface area contributed by atoms with E-state index in [9.17, 15) is 10.1 Å². The summed E-state index contributed by atoms with van der Waals surface area (Å²) in [4.78, 5) is 19.8. The number of non-ortho nitro benzene ring substituents is 1. The van der Waals surface area contributed by atoms with Crippen LogP contribution in [0.3, 0.4) is 0 Å². The Balaban J connectivity index is 1.88. The van der Waals surface area contributed by atoms with Gasteiger partial charge in [0.1, 0.15) is 5.00 Å². The molecule has 0 radical (unpaired) electrons. The van der Waals surface area contributed by atoms with E-state index >= 15 is 0 Å². The number of nitrogens with zero attached hydrogens (tertiary/aromatic N) is 5. The van der Waals surface area contributed by atoms with Crippen molar-refractivity contribution in [1.29, 1.82) is 0 Å². The first-order valence-corrected chi connectivity index (χ1v) is 7.89. The normalized spacial score (nSPS) is 10.8. The van der Waals surface area contributed by atoms with E-state index in [-0.39, 0.29) is 10.6 Å². The third-order valence-electron chi connectivity index (χ3n) is 3.56. The van der Waals surface area contributed by atoms with Gasteiger partial charge in [0.25, 0.3) is 5.69 Å². The highest BCUT2D eigenvalue weighted by atomic mass is 32.1. The summed E-state index contributed by atoms with van der Waals surface area (Å²) in [5.74, 6) is 0. The third kappa shape index (κ3) is 2.48. The summed E-state index contributed by atoms with van der Waals surface area (Å²) in [6, 6.07) is 8.64. The molecule has 4 aromatic rings. The molecule has 24 heavy (non-hydrogen) atoms. The van der Waals surface area contributed by atoms with Crippen molar-refractivity contribution in [3.8, 4) is 21.1 Å². The Hall–Kier alpha value is -3.26. The summed E-state index contributed by atoms with van der Waals surface area (Å²) in [5.41, 5.74) is 1.83. The standard InChI is InChI=1S/C16H11N5O2S/c22-21(23)13-3-1-2-12(8-13)15-9-14(19-6-4-17-10-19)16(24-15)20-7-5-18-11-20/h1-11H. The second kappa shape index (κ2) is 5.74. The molecule has 4 rings (SSSR count). The minimum Gasteiger partial charge on any atom is -0.303 e. The second-order valence-electron chi connectivity index (χ2n) is 5.05. The van der Waals surface area contributed by atoms with Gasteiger partial charge in [-0.05, 0) is 11.6 Å². The van der Waals surface area contributed by atoms with Gasteiger partial charge in [0, 0.05) is 41.8 Å². The Kier molecular flexibility index (Phi) is 3.43. The number of thiophene rings is 1. The molecule has 0 aliphatic rings. The van der Waals surface area contributed by atoms with E-state index < -0.39 is 0 Å². The molecule has 0 N–H and O–H groups in total. The summed E-state index contributed by atoms with van der Waals surface area (Å²) in [5, 5.41) is 12.0. The lowest BCUT2D eigenvalue weighted by atomic mass is 10.1. The number of nitro benzene ring substituents is 1. The van der Waals surface area contributed by atoms with Crippen LogP contribution in [-0.2, 0) is 0 Å². The molecule has 0 aliphatic heterocycles. The number of hydrogen-bond donors (Lipinski definition) is 0. The van der Waals surface area contributed by atoms with Crippen molar-refractivity contribution >= 4 is 17.0 Å². The van der Waals surface area contributed by atoms with Crippen LogP contribution in [0, 0.1) is 10.1 Å². The lowest BCUT2D eigenvalue weighted by Crippen LogP contribution is -1.95. The van der Waals surface area contributed by atoms with Crippen LogP contribution in [-0.4, -0.2) is 24.0 Å². The smallest absolute Gasteiger partial charge is 0.270 e. The Bertz CT molecular complexity index is 938. The van der Waals surface area contributed by atoms with E-state index in [2.05, 4.69) is 9.97 Å². The maximum atomic E-state index is 11.0. The fourth-order valence-electron chi connectivity index (χ4n) is 2.44. The van der Waals surface area contributed by atoms with E-state index in [4.69, 9.17) is 0 Å². The average Bonchev–Trinajstić information content (AvgIpc) is 3.33. The molecule has 0 amide bonds. The molecular weight excluding hydrogens is 326 g/mol. The highest BCUT2D eigenvalue weighted by molar-refractivity contribution is 7.18. The summed E-state index contributed by atoms with van der Waals surface area (Å²) in [6.07, 6.45) is 10.6. The molecule has 3 aromatic heterocycles. The molecular formula is C16H11N5O2S. The third-order valence-corrected chi connectivity index (χ3v) is 4.74. The van der Waals surface area contributed by atoms with Crippen molar-refractivity contribution in [2.45, 2.75) is 0 Å². The fourth-order valence-corrected chi connectivity index (χ4v) is 3.54. The first kappa shape index (κ1) is 14.3. The molecule has 7 nitrogen and oxygen atoms in total. The molecule has 0 saturated carbocycles. The van der Waals surface area contributed by atoms with Gasteiger partial charge in [-0.1, -0.05) is 12.1 Å². The molecule has 0 spiro atoms. The molecule has 1 aromatic carbocycles. The van der Waals surface area contributed by atoms with Crippen LogP contribution in [0.4, 0.5) is 5.69 Å². The number of rotatable bonds is 4. The maximum absolute atomic E-state index is 11.0. The van der Waals surface area contributed by atoms with Crippen molar-refractivity contribution in [1.82, 2.24) is 19.1 Å².